The van der Waals surface area contributed by atoms with Crippen LogP contribution >= 0.6 is 15.9 Å². The van der Waals surface area contributed by atoms with Gasteiger partial charge in [0.25, 0.3) is 0 Å². The van der Waals surface area contributed by atoms with E-state index in [-0.39, 0.29) is 0 Å². The molecule has 0 bridgehead atoms. The van der Waals surface area contributed by atoms with Crippen LogP contribution < -0.4 is 15.4 Å². The van der Waals surface area contributed by atoms with Crippen LogP contribution in [0.2, 0.25) is 0 Å². The maximum absolute atomic E-state index is 12.5. The molecule has 0 atom stereocenters. The van der Waals surface area contributed by atoms with Gasteiger partial charge in [-0.2, -0.15) is 18.2 Å². The van der Waals surface area contributed by atoms with Gasteiger partial charge < -0.3 is 15.7 Å². The Morgan fingerprint density at radius 2 is 1.51 bits per heavy atom. The molecule has 0 unspecified atom stereocenters. The van der Waals surface area contributed by atoms with Gasteiger partial charge in [-0.25, -0.2) is 22.9 Å². The number of carboxylic acid groups (broad SMARTS) is 1. The van der Waals surface area contributed by atoms with E-state index in [0.717, 1.165) is 53.4 Å². The molecule has 0 spiro atoms. The van der Waals surface area contributed by atoms with Crippen LogP contribution in [0.15, 0.2) is 57.9 Å². The average molecular weight is 659 g/mol. The summed E-state index contributed by atoms with van der Waals surface area (Å²) in [6, 6.07) is 15.4. The summed E-state index contributed by atoms with van der Waals surface area (Å²) in [6.45, 7) is 1.32. The number of para-hydroxylation sites is 1. The number of anilines is 2. The van der Waals surface area contributed by atoms with E-state index in [9.17, 15) is 21.6 Å². The van der Waals surface area contributed by atoms with Crippen LogP contribution in [0.5, 0.6) is 0 Å². The van der Waals surface area contributed by atoms with Gasteiger partial charge in [0, 0.05) is 29.0 Å². The van der Waals surface area contributed by atoms with Crippen molar-refractivity contribution in [2.24, 2.45) is 11.8 Å². The lowest BCUT2D eigenvalue weighted by atomic mass is 9.82. The topological polar surface area (TPSA) is 133 Å². The molecule has 3 aromatic rings. The number of carboxylic acids is 1. The molecule has 2 fully saturated rings. The average Bonchev–Trinajstić information content (AvgIpc) is 3.75. The number of alkyl halides is 3. The Morgan fingerprint density at radius 3 is 2.10 bits per heavy atom. The zero-order chi connectivity index (χ0) is 29.6. The first kappa shape index (κ1) is 31.0. The zero-order valence-corrected chi connectivity index (χ0v) is 24.4. The number of carbonyl (C=O) groups is 1. The van der Waals surface area contributed by atoms with Crippen molar-refractivity contribution in [2.75, 3.05) is 23.7 Å². The van der Waals surface area contributed by atoms with Gasteiger partial charge in [-0.15, -0.1) is 0 Å². The number of nitrogens with zero attached hydrogens (tertiary/aromatic N) is 2. The van der Waals surface area contributed by atoms with Gasteiger partial charge in [0.1, 0.15) is 5.82 Å². The first-order valence-corrected chi connectivity index (χ1v) is 15.5. The number of halogens is 4. The normalized spacial score (nSPS) is 19.2. The van der Waals surface area contributed by atoms with Crippen LogP contribution in [-0.2, 0) is 14.8 Å². The smallest absolute Gasteiger partial charge is 0.475 e. The van der Waals surface area contributed by atoms with Crippen molar-refractivity contribution < 1.29 is 31.5 Å². The lowest BCUT2D eigenvalue weighted by Gasteiger charge is -2.28. The molecule has 9 nitrogen and oxygen atoms in total. The molecule has 5 rings (SSSR count). The number of hydrogen-bond acceptors (Lipinski definition) is 7. The predicted octanol–water partition coefficient (Wildman–Crippen LogP) is 5.80. The summed E-state index contributed by atoms with van der Waals surface area (Å²) in [7, 11) is -3.47. The van der Waals surface area contributed by atoms with Crippen molar-refractivity contribution in [1.82, 2.24) is 14.7 Å². The molecule has 1 heterocycles. The third-order valence-electron chi connectivity index (χ3n) is 6.97. The number of rotatable bonds is 9. The van der Waals surface area contributed by atoms with Crippen LogP contribution in [0.1, 0.15) is 38.5 Å². The molecule has 14 heteroatoms. The van der Waals surface area contributed by atoms with Crippen molar-refractivity contribution in [3.63, 3.8) is 0 Å². The Morgan fingerprint density at radius 1 is 0.927 bits per heavy atom. The summed E-state index contributed by atoms with van der Waals surface area (Å²) < 4.78 is 60.5. The van der Waals surface area contributed by atoms with Crippen molar-refractivity contribution >= 4 is 54.6 Å². The number of aromatic nitrogens is 2. The molecule has 222 valence electrons. The summed E-state index contributed by atoms with van der Waals surface area (Å²) in [5.41, 5.74) is 0.949. The highest BCUT2D eigenvalue weighted by molar-refractivity contribution is 9.10. The van der Waals surface area contributed by atoms with E-state index in [4.69, 9.17) is 19.9 Å². The molecule has 0 saturated heterocycles. The molecule has 1 aromatic heterocycles. The van der Waals surface area contributed by atoms with E-state index in [1.54, 1.807) is 24.3 Å². The monoisotopic (exact) mass is 657 g/mol. The largest absolute Gasteiger partial charge is 0.490 e. The summed E-state index contributed by atoms with van der Waals surface area (Å²) >= 11 is 3.34. The van der Waals surface area contributed by atoms with Crippen LogP contribution in [0.3, 0.4) is 0 Å². The van der Waals surface area contributed by atoms with E-state index in [1.807, 2.05) is 18.2 Å². The number of fused-ring (bicyclic) bond motifs is 1. The van der Waals surface area contributed by atoms with E-state index in [1.165, 1.54) is 12.8 Å². The number of aliphatic carboxylic acids is 1. The SMILES string of the molecule is O=C(O)C(F)(F)F.O=S(=O)(NCC1CCC(CNc2nc(NC3CC3)c3ccccc3n2)CC1)c1ccc(Br)cc1. The quantitative estimate of drug-likeness (QED) is 0.227. The Bertz CT molecular complexity index is 1450. The third-order valence-corrected chi connectivity index (χ3v) is 8.93. The minimum absolute atomic E-state index is 0.305. The van der Waals surface area contributed by atoms with E-state index in [0.29, 0.717) is 35.3 Å². The maximum Gasteiger partial charge on any atom is 0.490 e. The van der Waals surface area contributed by atoms with Crippen molar-refractivity contribution in [1.29, 1.82) is 0 Å². The third kappa shape index (κ3) is 9.27. The number of benzene rings is 2. The Labute approximate surface area is 244 Å². The van der Waals surface area contributed by atoms with E-state index < -0.39 is 22.2 Å². The second-order valence-electron chi connectivity index (χ2n) is 10.2. The minimum atomic E-state index is -5.08. The van der Waals surface area contributed by atoms with Crippen molar-refractivity contribution in [2.45, 2.75) is 55.6 Å². The summed E-state index contributed by atoms with van der Waals surface area (Å²) in [5, 5.41) is 15.2. The van der Waals surface area contributed by atoms with Gasteiger partial charge in [-0.05, 0) is 86.8 Å². The molecule has 0 amide bonds. The van der Waals surface area contributed by atoms with Crippen molar-refractivity contribution in [3.05, 3.63) is 53.0 Å². The highest BCUT2D eigenvalue weighted by Crippen LogP contribution is 2.31. The number of sulfonamides is 1. The Hall–Kier alpha value is -2.97. The van der Waals surface area contributed by atoms with Crippen molar-refractivity contribution in [3.8, 4) is 0 Å². The first-order valence-electron chi connectivity index (χ1n) is 13.2. The molecular formula is C27H31BrF3N5O4S. The van der Waals surface area contributed by atoms with Gasteiger partial charge in [-0.1, -0.05) is 28.1 Å². The lowest BCUT2D eigenvalue weighted by Crippen LogP contribution is -2.32. The zero-order valence-electron chi connectivity index (χ0n) is 22.0. The first-order chi connectivity index (χ1) is 19.4. The molecule has 0 aliphatic heterocycles. The van der Waals surface area contributed by atoms with Gasteiger partial charge in [-0.3, -0.25) is 0 Å². The Kier molecular flexibility index (Phi) is 10.1. The molecule has 2 aliphatic rings. The van der Waals surface area contributed by atoms with Gasteiger partial charge in [0.05, 0.1) is 10.4 Å². The second-order valence-corrected chi connectivity index (χ2v) is 12.9. The van der Waals surface area contributed by atoms with Gasteiger partial charge in [0.15, 0.2) is 0 Å². The number of hydrogen-bond donors (Lipinski definition) is 4. The summed E-state index contributed by atoms with van der Waals surface area (Å²) in [5.74, 6) is -0.266. The molecule has 4 N–H and O–H groups in total. The molecule has 2 saturated carbocycles. The standard InChI is InChI=1S/C25H30BrN5O2S.C2HF3O2/c26-19-9-13-21(14-10-19)34(32,33)28-16-18-7-5-17(6-8-18)15-27-25-30-23-4-2-1-3-22(23)24(31-25)29-20-11-12-20;3-2(4,5)1(6)7/h1-4,9-10,13-14,17-18,20,28H,5-8,11-12,15-16H2,(H2,27,29,30,31);(H,6,7). The highest BCUT2D eigenvalue weighted by atomic mass is 79.9. The molecule has 0 radical (unpaired) electrons. The maximum atomic E-state index is 12.5. The van der Waals surface area contributed by atoms with Crippen LogP contribution in [0.25, 0.3) is 10.9 Å². The fourth-order valence-corrected chi connectivity index (χ4v) is 5.87. The Balaban J connectivity index is 0.000000493. The van der Waals surface area contributed by atoms with E-state index >= 15 is 0 Å². The molecule has 2 aliphatic carbocycles. The van der Waals surface area contributed by atoms with Gasteiger partial charge >= 0.3 is 12.1 Å². The summed E-state index contributed by atoms with van der Waals surface area (Å²) in [4.78, 5) is 18.7. The highest BCUT2D eigenvalue weighted by Gasteiger charge is 2.38. The van der Waals surface area contributed by atoms with Crippen LogP contribution in [0, 0.1) is 11.8 Å². The minimum Gasteiger partial charge on any atom is -0.475 e. The van der Waals surface area contributed by atoms with Crippen LogP contribution in [0.4, 0.5) is 24.9 Å². The second kappa shape index (κ2) is 13.3. The predicted molar refractivity (Wildman–Crippen MR) is 153 cm³/mol. The summed E-state index contributed by atoms with van der Waals surface area (Å²) in [6.07, 6.45) is 1.48. The fourth-order valence-electron chi connectivity index (χ4n) is 4.49. The van der Waals surface area contributed by atoms with Gasteiger partial charge in [0.2, 0.25) is 16.0 Å². The lowest BCUT2D eigenvalue weighted by molar-refractivity contribution is -0.192. The van der Waals surface area contributed by atoms with E-state index in [2.05, 4.69) is 37.4 Å². The molecule has 41 heavy (non-hydrogen) atoms. The number of nitrogens with one attached hydrogen (secondary N) is 3. The van der Waals surface area contributed by atoms with Crippen LogP contribution in [-0.4, -0.2) is 54.8 Å². The molecular weight excluding hydrogens is 627 g/mol. The molecule has 2 aromatic carbocycles. The fraction of sp³-hybridized carbons (Fsp3) is 0.444.